The van der Waals surface area contributed by atoms with Gasteiger partial charge in [-0.1, -0.05) is 6.58 Å². The molecule has 0 aromatic carbocycles. The summed E-state index contributed by atoms with van der Waals surface area (Å²) in [5.41, 5.74) is 1.60. The van der Waals surface area contributed by atoms with E-state index in [0.29, 0.717) is 5.69 Å². The summed E-state index contributed by atoms with van der Waals surface area (Å²) in [6, 6.07) is 1.86. The number of aromatic amines is 1. The maximum Gasteiger partial charge on any atom is 0.201 e. The summed E-state index contributed by atoms with van der Waals surface area (Å²) in [5, 5.41) is 0. The van der Waals surface area contributed by atoms with E-state index < -0.39 is 0 Å². The van der Waals surface area contributed by atoms with E-state index in [1.54, 1.807) is 6.20 Å². The first-order chi connectivity index (χ1) is 4.75. The van der Waals surface area contributed by atoms with Crippen LogP contribution in [0.25, 0.3) is 0 Å². The van der Waals surface area contributed by atoms with Gasteiger partial charge in [0.05, 0.1) is 5.69 Å². The van der Waals surface area contributed by atoms with E-state index in [4.69, 9.17) is 0 Å². The molecule has 0 radical (unpaired) electrons. The Morgan fingerprint density at radius 3 is 2.90 bits per heavy atom. The SMILES string of the molecule is C=CC(=O)c1[nH]ccc1C. The van der Waals surface area contributed by atoms with Gasteiger partial charge in [-0.15, -0.1) is 0 Å². The van der Waals surface area contributed by atoms with Crippen LogP contribution in [-0.2, 0) is 0 Å². The lowest BCUT2D eigenvalue weighted by atomic mass is 10.2. The van der Waals surface area contributed by atoms with Gasteiger partial charge in [0.2, 0.25) is 5.78 Å². The van der Waals surface area contributed by atoms with Gasteiger partial charge in [0, 0.05) is 6.20 Å². The molecule has 1 aromatic rings. The molecule has 2 heteroatoms. The van der Waals surface area contributed by atoms with Gasteiger partial charge in [-0.25, -0.2) is 0 Å². The quantitative estimate of drug-likeness (QED) is 0.485. The van der Waals surface area contributed by atoms with Crippen molar-refractivity contribution >= 4 is 5.78 Å². The molecule has 0 aliphatic carbocycles. The zero-order chi connectivity index (χ0) is 7.56. The Hall–Kier alpha value is -1.31. The minimum Gasteiger partial charge on any atom is -0.358 e. The first kappa shape index (κ1) is 6.81. The Kier molecular flexibility index (Phi) is 1.71. The van der Waals surface area contributed by atoms with Crippen LogP contribution in [0.3, 0.4) is 0 Å². The van der Waals surface area contributed by atoms with E-state index in [9.17, 15) is 4.79 Å². The highest BCUT2D eigenvalue weighted by Crippen LogP contribution is 2.04. The molecule has 2 nitrogen and oxygen atoms in total. The topological polar surface area (TPSA) is 32.9 Å². The van der Waals surface area contributed by atoms with Crippen molar-refractivity contribution in [2.45, 2.75) is 6.92 Å². The second kappa shape index (κ2) is 2.52. The van der Waals surface area contributed by atoms with Crippen LogP contribution in [0, 0.1) is 6.92 Å². The predicted octanol–water partition coefficient (Wildman–Crippen LogP) is 1.69. The van der Waals surface area contributed by atoms with Gasteiger partial charge in [0.15, 0.2) is 0 Å². The molecule has 0 saturated heterocycles. The highest BCUT2D eigenvalue weighted by molar-refractivity contribution is 6.03. The highest BCUT2D eigenvalue weighted by atomic mass is 16.1. The predicted molar refractivity (Wildman–Crippen MR) is 40.1 cm³/mol. The molecule has 1 N–H and O–H groups in total. The molecule has 1 heterocycles. The normalized spacial score (nSPS) is 9.30. The van der Waals surface area contributed by atoms with Crippen molar-refractivity contribution in [3.8, 4) is 0 Å². The number of carbonyl (C=O) groups is 1. The third-order valence-corrected chi connectivity index (χ3v) is 1.39. The molecule has 1 aromatic heterocycles. The first-order valence-electron chi connectivity index (χ1n) is 3.06. The number of carbonyl (C=O) groups excluding carboxylic acids is 1. The fourth-order valence-corrected chi connectivity index (χ4v) is 0.815. The monoisotopic (exact) mass is 135 g/mol. The largest absolute Gasteiger partial charge is 0.358 e. The number of ketones is 1. The lowest BCUT2D eigenvalue weighted by Gasteiger charge is -1.90. The molecule has 0 aliphatic heterocycles. The summed E-state index contributed by atoms with van der Waals surface area (Å²) in [7, 11) is 0. The minimum absolute atomic E-state index is 0.0532. The lowest BCUT2D eigenvalue weighted by Crippen LogP contribution is -1.95. The van der Waals surface area contributed by atoms with Crippen molar-refractivity contribution in [3.63, 3.8) is 0 Å². The second-order valence-corrected chi connectivity index (χ2v) is 2.10. The number of aromatic nitrogens is 1. The zero-order valence-electron chi connectivity index (χ0n) is 5.85. The van der Waals surface area contributed by atoms with Gasteiger partial charge in [-0.05, 0) is 24.6 Å². The molecule has 10 heavy (non-hydrogen) atoms. The van der Waals surface area contributed by atoms with Crippen molar-refractivity contribution < 1.29 is 4.79 Å². The van der Waals surface area contributed by atoms with Gasteiger partial charge >= 0.3 is 0 Å². The van der Waals surface area contributed by atoms with Crippen molar-refractivity contribution in [2.75, 3.05) is 0 Å². The van der Waals surface area contributed by atoms with Crippen molar-refractivity contribution in [2.24, 2.45) is 0 Å². The van der Waals surface area contributed by atoms with E-state index in [2.05, 4.69) is 11.6 Å². The number of rotatable bonds is 2. The first-order valence-corrected chi connectivity index (χ1v) is 3.06. The maximum absolute atomic E-state index is 10.9. The number of hydrogen-bond acceptors (Lipinski definition) is 1. The number of aryl methyl sites for hydroxylation is 1. The molecule has 0 aliphatic rings. The van der Waals surface area contributed by atoms with E-state index in [0.717, 1.165) is 5.56 Å². The van der Waals surface area contributed by atoms with Crippen LogP contribution < -0.4 is 0 Å². The summed E-state index contributed by atoms with van der Waals surface area (Å²) < 4.78 is 0. The zero-order valence-corrected chi connectivity index (χ0v) is 5.85. The average Bonchev–Trinajstić information content (AvgIpc) is 2.34. The Bertz CT molecular complexity index is 260. The Balaban J connectivity index is 3.04. The van der Waals surface area contributed by atoms with Crippen LogP contribution in [0.1, 0.15) is 16.1 Å². The summed E-state index contributed by atoms with van der Waals surface area (Å²) >= 11 is 0. The number of H-pyrrole nitrogens is 1. The Morgan fingerprint density at radius 1 is 1.80 bits per heavy atom. The van der Waals surface area contributed by atoms with E-state index in [1.165, 1.54) is 6.08 Å². The Labute approximate surface area is 59.6 Å². The summed E-state index contributed by atoms with van der Waals surface area (Å²) in [4.78, 5) is 13.8. The van der Waals surface area contributed by atoms with Crippen molar-refractivity contribution in [3.05, 3.63) is 36.2 Å². The molecular formula is C8H9NO. The van der Waals surface area contributed by atoms with Crippen LogP contribution in [0.2, 0.25) is 0 Å². The van der Waals surface area contributed by atoms with Crippen molar-refractivity contribution in [1.82, 2.24) is 4.98 Å². The van der Waals surface area contributed by atoms with Crippen LogP contribution in [0.5, 0.6) is 0 Å². The summed E-state index contributed by atoms with van der Waals surface area (Å²) in [6.45, 7) is 5.27. The molecule has 1 rings (SSSR count). The number of hydrogen-bond donors (Lipinski definition) is 1. The molecule has 0 atom stereocenters. The number of nitrogens with one attached hydrogen (secondary N) is 1. The Morgan fingerprint density at radius 2 is 2.50 bits per heavy atom. The van der Waals surface area contributed by atoms with Gasteiger partial charge in [0.25, 0.3) is 0 Å². The molecular weight excluding hydrogens is 126 g/mol. The molecule has 0 spiro atoms. The minimum atomic E-state index is -0.0532. The molecule has 52 valence electrons. The molecule has 0 fully saturated rings. The standard InChI is InChI=1S/C8H9NO/c1-3-7(10)8-6(2)4-5-9-8/h3-5,9H,1H2,2H3. The maximum atomic E-state index is 10.9. The average molecular weight is 135 g/mol. The second-order valence-electron chi connectivity index (χ2n) is 2.10. The van der Waals surface area contributed by atoms with Gasteiger partial charge in [-0.2, -0.15) is 0 Å². The molecule has 0 unspecified atom stereocenters. The third-order valence-electron chi connectivity index (χ3n) is 1.39. The summed E-state index contributed by atoms with van der Waals surface area (Å²) in [5.74, 6) is -0.0532. The molecule has 0 amide bonds. The third kappa shape index (κ3) is 1.00. The number of allylic oxidation sites excluding steroid dienone is 1. The van der Waals surface area contributed by atoms with Crippen LogP contribution in [0.15, 0.2) is 24.9 Å². The smallest absolute Gasteiger partial charge is 0.201 e. The fraction of sp³-hybridized carbons (Fsp3) is 0.125. The van der Waals surface area contributed by atoms with E-state index >= 15 is 0 Å². The van der Waals surface area contributed by atoms with Crippen LogP contribution in [-0.4, -0.2) is 10.8 Å². The van der Waals surface area contributed by atoms with Gasteiger partial charge in [-0.3, -0.25) is 4.79 Å². The lowest BCUT2D eigenvalue weighted by molar-refractivity contribution is 0.104. The fourth-order valence-electron chi connectivity index (χ4n) is 0.815. The van der Waals surface area contributed by atoms with E-state index in [1.807, 2.05) is 13.0 Å². The summed E-state index contributed by atoms with van der Waals surface area (Å²) in [6.07, 6.45) is 3.05. The molecule has 0 saturated carbocycles. The van der Waals surface area contributed by atoms with Crippen LogP contribution in [0.4, 0.5) is 0 Å². The molecule has 0 bridgehead atoms. The van der Waals surface area contributed by atoms with Crippen LogP contribution >= 0.6 is 0 Å². The van der Waals surface area contributed by atoms with E-state index in [-0.39, 0.29) is 5.78 Å². The highest BCUT2D eigenvalue weighted by Gasteiger charge is 2.03. The van der Waals surface area contributed by atoms with Gasteiger partial charge in [0.1, 0.15) is 0 Å². The van der Waals surface area contributed by atoms with Crippen molar-refractivity contribution in [1.29, 1.82) is 0 Å². The van der Waals surface area contributed by atoms with Gasteiger partial charge < -0.3 is 4.98 Å².